The molecule has 0 aliphatic heterocycles. The van der Waals surface area contributed by atoms with E-state index in [0.717, 1.165) is 23.4 Å². The average molecular weight is 287 g/mol. The highest BCUT2D eigenvalue weighted by Crippen LogP contribution is 2.50. The first-order valence-corrected chi connectivity index (χ1v) is 7.66. The fraction of sp³-hybridized carbons (Fsp3) is 0.312. The molecule has 0 bridgehead atoms. The summed E-state index contributed by atoms with van der Waals surface area (Å²) in [5.74, 6) is 0.124. The molecule has 1 aromatic carbocycles. The number of aromatic carboxylic acids is 1. The summed E-state index contributed by atoms with van der Waals surface area (Å²) in [6, 6.07) is 10.5. The molecule has 0 unspecified atom stereocenters. The molecule has 2 aromatic rings. The van der Waals surface area contributed by atoms with Gasteiger partial charge >= 0.3 is 5.97 Å². The number of carboxylic acid groups (broad SMARTS) is 1. The van der Waals surface area contributed by atoms with Gasteiger partial charge in [0.1, 0.15) is 5.00 Å². The predicted molar refractivity (Wildman–Crippen MR) is 82.0 cm³/mol. The monoisotopic (exact) mass is 287 g/mol. The van der Waals surface area contributed by atoms with Gasteiger partial charge in [0.25, 0.3) is 0 Å². The largest absolute Gasteiger partial charge is 0.478 e. The van der Waals surface area contributed by atoms with Crippen molar-refractivity contribution in [2.24, 2.45) is 0 Å². The van der Waals surface area contributed by atoms with Crippen molar-refractivity contribution in [3.8, 4) is 0 Å². The van der Waals surface area contributed by atoms with E-state index in [9.17, 15) is 9.90 Å². The Hall–Kier alpha value is -1.81. The zero-order valence-corrected chi connectivity index (χ0v) is 12.1. The summed E-state index contributed by atoms with van der Waals surface area (Å²) < 4.78 is 0. The fourth-order valence-corrected chi connectivity index (χ4v) is 3.94. The maximum Gasteiger partial charge on any atom is 0.338 e. The summed E-state index contributed by atoms with van der Waals surface area (Å²) in [4.78, 5) is 11.4. The van der Waals surface area contributed by atoms with Crippen LogP contribution in [0.5, 0.6) is 0 Å². The van der Waals surface area contributed by atoms with Gasteiger partial charge in [-0.1, -0.05) is 30.3 Å². The second-order valence-electron chi connectivity index (χ2n) is 5.23. The van der Waals surface area contributed by atoms with E-state index in [1.54, 1.807) is 7.05 Å². The minimum atomic E-state index is -0.825. The summed E-state index contributed by atoms with van der Waals surface area (Å²) >= 11 is 1.49. The van der Waals surface area contributed by atoms with Crippen molar-refractivity contribution in [3.63, 3.8) is 0 Å². The number of hydrogen-bond donors (Lipinski definition) is 2. The predicted octanol–water partition coefficient (Wildman–Crippen LogP) is 4.15. The van der Waals surface area contributed by atoms with E-state index in [1.807, 2.05) is 11.4 Å². The lowest BCUT2D eigenvalue weighted by atomic mass is 9.68. The van der Waals surface area contributed by atoms with Crippen molar-refractivity contribution < 1.29 is 9.90 Å². The van der Waals surface area contributed by atoms with E-state index < -0.39 is 5.97 Å². The molecule has 20 heavy (non-hydrogen) atoms. The third-order valence-corrected chi connectivity index (χ3v) is 5.13. The standard InChI is InChI=1S/C16H17NO2S/c1-17-15-14(16(18)19)13(9-20-15)12-7-11(8-12)10-5-3-2-4-6-10/h2-6,9,11-12,17H,7-8H2,1H3,(H,18,19). The Morgan fingerprint density at radius 3 is 2.55 bits per heavy atom. The number of nitrogens with one attached hydrogen (secondary N) is 1. The number of anilines is 1. The van der Waals surface area contributed by atoms with Crippen LogP contribution in [0.1, 0.15) is 46.2 Å². The van der Waals surface area contributed by atoms with Gasteiger partial charge in [-0.15, -0.1) is 11.3 Å². The number of thiophene rings is 1. The topological polar surface area (TPSA) is 49.3 Å². The van der Waals surface area contributed by atoms with E-state index in [2.05, 4.69) is 29.6 Å². The van der Waals surface area contributed by atoms with E-state index >= 15 is 0 Å². The van der Waals surface area contributed by atoms with Crippen LogP contribution in [0.25, 0.3) is 0 Å². The molecule has 1 aliphatic rings. The molecule has 1 aromatic heterocycles. The smallest absolute Gasteiger partial charge is 0.338 e. The summed E-state index contributed by atoms with van der Waals surface area (Å²) in [5, 5.41) is 15.1. The van der Waals surface area contributed by atoms with Crippen molar-refractivity contribution in [2.75, 3.05) is 12.4 Å². The zero-order valence-electron chi connectivity index (χ0n) is 11.3. The lowest BCUT2D eigenvalue weighted by Gasteiger charge is -2.36. The molecule has 1 fully saturated rings. The fourth-order valence-electron chi connectivity index (χ4n) is 2.95. The molecule has 104 valence electrons. The van der Waals surface area contributed by atoms with Crippen molar-refractivity contribution in [1.82, 2.24) is 0 Å². The number of carbonyl (C=O) groups is 1. The molecule has 1 aliphatic carbocycles. The molecule has 1 saturated carbocycles. The van der Waals surface area contributed by atoms with Crippen LogP contribution in [0.15, 0.2) is 35.7 Å². The van der Waals surface area contributed by atoms with Gasteiger partial charge in [-0.05, 0) is 41.2 Å². The summed E-state index contributed by atoms with van der Waals surface area (Å²) in [6.07, 6.45) is 2.09. The molecule has 3 nitrogen and oxygen atoms in total. The van der Waals surface area contributed by atoms with Gasteiger partial charge in [0.05, 0.1) is 5.56 Å². The van der Waals surface area contributed by atoms with Crippen molar-refractivity contribution in [2.45, 2.75) is 24.7 Å². The highest BCUT2D eigenvalue weighted by Gasteiger charge is 2.35. The van der Waals surface area contributed by atoms with Gasteiger partial charge in [-0.3, -0.25) is 0 Å². The minimum absolute atomic E-state index is 0.379. The number of rotatable bonds is 4. The van der Waals surface area contributed by atoms with E-state index in [4.69, 9.17) is 0 Å². The highest BCUT2D eigenvalue weighted by molar-refractivity contribution is 7.14. The summed E-state index contributed by atoms with van der Waals surface area (Å²) in [6.45, 7) is 0. The molecule has 1 heterocycles. The van der Waals surface area contributed by atoms with Crippen molar-refractivity contribution >= 4 is 22.3 Å². The Labute approximate surface area is 122 Å². The van der Waals surface area contributed by atoms with Gasteiger partial charge in [0.15, 0.2) is 0 Å². The van der Waals surface area contributed by atoms with Crippen LogP contribution < -0.4 is 5.32 Å². The summed E-state index contributed by atoms with van der Waals surface area (Å²) in [7, 11) is 1.77. The van der Waals surface area contributed by atoms with Crippen LogP contribution >= 0.6 is 11.3 Å². The first-order valence-electron chi connectivity index (χ1n) is 6.78. The Morgan fingerprint density at radius 2 is 1.95 bits per heavy atom. The van der Waals surface area contributed by atoms with E-state index in [1.165, 1.54) is 16.9 Å². The number of benzene rings is 1. The van der Waals surface area contributed by atoms with Crippen LogP contribution in [0, 0.1) is 0 Å². The van der Waals surface area contributed by atoms with Gasteiger partial charge in [-0.25, -0.2) is 4.79 Å². The molecule has 3 rings (SSSR count). The van der Waals surface area contributed by atoms with E-state index in [0.29, 0.717) is 17.4 Å². The average Bonchev–Trinajstić information content (AvgIpc) is 2.82. The first kappa shape index (κ1) is 13.2. The van der Waals surface area contributed by atoms with E-state index in [-0.39, 0.29) is 0 Å². The van der Waals surface area contributed by atoms with Gasteiger partial charge < -0.3 is 10.4 Å². The van der Waals surface area contributed by atoms with Crippen LogP contribution in [-0.4, -0.2) is 18.1 Å². The second kappa shape index (κ2) is 5.29. The molecular weight excluding hydrogens is 270 g/mol. The highest BCUT2D eigenvalue weighted by atomic mass is 32.1. The van der Waals surface area contributed by atoms with Gasteiger partial charge in [-0.2, -0.15) is 0 Å². The normalized spacial score (nSPS) is 21.2. The summed E-state index contributed by atoms with van der Waals surface area (Å²) in [5.41, 5.74) is 2.83. The van der Waals surface area contributed by atoms with Crippen LogP contribution in [0.3, 0.4) is 0 Å². The molecule has 2 N–H and O–H groups in total. The second-order valence-corrected chi connectivity index (χ2v) is 6.11. The lowest BCUT2D eigenvalue weighted by molar-refractivity contribution is 0.0695. The molecule has 0 atom stereocenters. The maximum absolute atomic E-state index is 11.4. The number of carboxylic acids is 1. The molecule has 4 heteroatoms. The zero-order chi connectivity index (χ0) is 14.1. The number of hydrogen-bond acceptors (Lipinski definition) is 3. The van der Waals surface area contributed by atoms with Crippen LogP contribution in [0.4, 0.5) is 5.00 Å². The molecule has 0 saturated heterocycles. The maximum atomic E-state index is 11.4. The third kappa shape index (κ3) is 2.20. The Balaban J connectivity index is 1.77. The molecule has 0 spiro atoms. The lowest BCUT2D eigenvalue weighted by Crippen LogP contribution is -2.21. The molecule has 0 amide bonds. The van der Waals surface area contributed by atoms with Crippen molar-refractivity contribution in [3.05, 3.63) is 52.4 Å². The SMILES string of the molecule is CNc1scc(C2CC(c3ccccc3)C2)c1C(=O)O. The third-order valence-electron chi connectivity index (χ3n) is 4.11. The minimum Gasteiger partial charge on any atom is -0.478 e. The van der Waals surface area contributed by atoms with Gasteiger partial charge in [0, 0.05) is 7.05 Å². The quantitative estimate of drug-likeness (QED) is 0.888. The molecular formula is C16H17NO2S. The van der Waals surface area contributed by atoms with Gasteiger partial charge in [0.2, 0.25) is 0 Å². The first-order chi connectivity index (χ1) is 9.70. The Morgan fingerprint density at radius 1 is 1.25 bits per heavy atom. The molecule has 0 radical (unpaired) electrons. The Kier molecular flexibility index (Phi) is 3.49. The van der Waals surface area contributed by atoms with Crippen LogP contribution in [-0.2, 0) is 0 Å². The van der Waals surface area contributed by atoms with Crippen molar-refractivity contribution in [1.29, 1.82) is 0 Å². The Bertz CT molecular complexity index is 615. The van der Waals surface area contributed by atoms with Crippen LogP contribution in [0.2, 0.25) is 0 Å².